The van der Waals surface area contributed by atoms with Crippen molar-refractivity contribution in [2.24, 2.45) is 0 Å². The van der Waals surface area contributed by atoms with Crippen molar-refractivity contribution >= 4 is 11.4 Å². The van der Waals surface area contributed by atoms with Gasteiger partial charge in [-0.05, 0) is 57.2 Å². The first-order valence-electron chi connectivity index (χ1n) is 11.4. The molecule has 4 aromatic carbocycles. The van der Waals surface area contributed by atoms with Gasteiger partial charge in [-0.25, -0.2) is 0 Å². The predicted molar refractivity (Wildman–Crippen MR) is 135 cm³/mol. The van der Waals surface area contributed by atoms with Crippen LogP contribution in [-0.2, 0) is 0 Å². The van der Waals surface area contributed by atoms with Crippen molar-refractivity contribution in [3.8, 4) is 50.3 Å². The molecule has 0 saturated carbocycles. The zero-order valence-corrected chi connectivity index (χ0v) is 18.3. The van der Waals surface area contributed by atoms with Crippen LogP contribution >= 0.6 is 0 Å². The SMILES string of the molecule is C[N+]1=C2C=CC=CC2Oc2ccc3c(c21)-c1ccccc1-c1ccccc1-c1ccccc1-3. The fourth-order valence-corrected chi connectivity index (χ4v) is 5.52. The summed E-state index contributed by atoms with van der Waals surface area (Å²) >= 11 is 0. The van der Waals surface area contributed by atoms with Crippen LogP contribution < -0.4 is 4.74 Å². The Morgan fingerprint density at radius 3 is 1.79 bits per heavy atom. The third-order valence-corrected chi connectivity index (χ3v) is 6.99. The van der Waals surface area contributed by atoms with Crippen LogP contribution in [0.2, 0.25) is 0 Å². The Morgan fingerprint density at radius 2 is 1.15 bits per heavy atom. The van der Waals surface area contributed by atoms with E-state index < -0.39 is 0 Å². The van der Waals surface area contributed by atoms with Crippen LogP contribution in [0.3, 0.4) is 0 Å². The zero-order valence-electron chi connectivity index (χ0n) is 18.3. The third-order valence-electron chi connectivity index (χ3n) is 6.99. The first kappa shape index (κ1) is 18.4. The summed E-state index contributed by atoms with van der Waals surface area (Å²) in [5.74, 6) is 0.922. The predicted octanol–water partition coefficient (Wildman–Crippen LogP) is 7.27. The average molecular weight is 425 g/mol. The minimum Gasteiger partial charge on any atom is -0.468 e. The van der Waals surface area contributed by atoms with Crippen LogP contribution in [0.25, 0.3) is 44.5 Å². The fraction of sp³-hybridized carbons (Fsp3) is 0.0645. The Labute approximate surface area is 193 Å². The van der Waals surface area contributed by atoms with E-state index in [1.807, 2.05) is 0 Å². The first-order chi connectivity index (χ1) is 16.3. The molecule has 1 atom stereocenters. The van der Waals surface area contributed by atoms with E-state index in [2.05, 4.69) is 121 Å². The van der Waals surface area contributed by atoms with Gasteiger partial charge in [0, 0.05) is 6.08 Å². The zero-order chi connectivity index (χ0) is 21.9. The quantitative estimate of drug-likeness (QED) is 0.238. The van der Waals surface area contributed by atoms with E-state index in [-0.39, 0.29) is 6.10 Å². The van der Waals surface area contributed by atoms with Crippen molar-refractivity contribution in [3.63, 3.8) is 0 Å². The van der Waals surface area contributed by atoms with Crippen molar-refractivity contribution < 1.29 is 9.31 Å². The van der Waals surface area contributed by atoms with Gasteiger partial charge in [0.25, 0.3) is 5.69 Å². The Morgan fingerprint density at radius 1 is 0.606 bits per heavy atom. The van der Waals surface area contributed by atoms with E-state index in [9.17, 15) is 0 Å². The number of hydrogen-bond donors (Lipinski definition) is 0. The molecule has 4 aromatic rings. The lowest BCUT2D eigenvalue weighted by molar-refractivity contribution is -0.411. The average Bonchev–Trinajstić information content (AvgIpc) is 2.87. The Bertz CT molecular complexity index is 1550. The number of hydrogen-bond acceptors (Lipinski definition) is 1. The van der Waals surface area contributed by atoms with Crippen molar-refractivity contribution in [1.82, 2.24) is 0 Å². The van der Waals surface area contributed by atoms with E-state index >= 15 is 0 Å². The summed E-state index contributed by atoms with van der Waals surface area (Å²) in [7, 11) is 2.16. The van der Waals surface area contributed by atoms with Gasteiger partial charge in [-0.3, -0.25) is 0 Å². The summed E-state index contributed by atoms with van der Waals surface area (Å²) in [5, 5.41) is 0. The van der Waals surface area contributed by atoms with Crippen LogP contribution in [-0.4, -0.2) is 23.4 Å². The number of allylic oxidation sites excluding steroid dienone is 2. The molecule has 33 heavy (non-hydrogen) atoms. The van der Waals surface area contributed by atoms with Gasteiger partial charge >= 0.3 is 0 Å². The van der Waals surface area contributed by atoms with E-state index in [4.69, 9.17) is 4.74 Å². The fourth-order valence-electron chi connectivity index (χ4n) is 5.52. The van der Waals surface area contributed by atoms with Crippen LogP contribution in [0.1, 0.15) is 0 Å². The van der Waals surface area contributed by atoms with Crippen molar-refractivity contribution in [1.29, 1.82) is 0 Å². The molecule has 0 spiro atoms. The topological polar surface area (TPSA) is 12.2 Å². The molecule has 1 heterocycles. The molecule has 2 aliphatic carbocycles. The van der Waals surface area contributed by atoms with Gasteiger partial charge in [0.1, 0.15) is 7.05 Å². The van der Waals surface area contributed by atoms with Gasteiger partial charge in [-0.2, -0.15) is 4.58 Å². The van der Waals surface area contributed by atoms with Crippen LogP contribution in [0.15, 0.2) is 109 Å². The molecule has 0 fully saturated rings. The Balaban J connectivity index is 1.66. The normalized spacial score (nSPS) is 16.8. The summed E-state index contributed by atoms with van der Waals surface area (Å²) in [6.07, 6.45) is 8.37. The van der Waals surface area contributed by atoms with Crippen LogP contribution in [0.4, 0.5) is 5.69 Å². The van der Waals surface area contributed by atoms with E-state index in [0.717, 1.165) is 17.1 Å². The second kappa shape index (κ2) is 6.91. The molecule has 0 N–H and O–H groups in total. The minimum atomic E-state index is -0.0534. The lowest BCUT2D eigenvalue weighted by Crippen LogP contribution is -2.35. The molecule has 0 saturated heterocycles. The maximum absolute atomic E-state index is 6.50. The lowest BCUT2D eigenvalue weighted by Gasteiger charge is -2.28. The molecule has 0 amide bonds. The molecule has 0 bridgehead atoms. The Hall–Kier alpha value is -4.17. The second-order valence-electron chi connectivity index (χ2n) is 8.74. The van der Waals surface area contributed by atoms with Gasteiger partial charge in [-0.1, -0.05) is 84.9 Å². The molecule has 1 aliphatic heterocycles. The molecular weight excluding hydrogens is 402 g/mol. The summed E-state index contributed by atoms with van der Waals surface area (Å²) in [6, 6.07) is 30.7. The van der Waals surface area contributed by atoms with E-state index in [1.54, 1.807) is 0 Å². The number of fused-ring (bicyclic) bond motifs is 11. The molecule has 2 nitrogen and oxygen atoms in total. The van der Waals surface area contributed by atoms with Gasteiger partial charge in [0.2, 0.25) is 11.8 Å². The second-order valence-corrected chi connectivity index (χ2v) is 8.74. The third kappa shape index (κ3) is 2.58. The minimum absolute atomic E-state index is 0.0534. The molecule has 156 valence electrons. The molecule has 0 radical (unpaired) electrons. The highest BCUT2D eigenvalue weighted by molar-refractivity contribution is 6.07. The molecular formula is C31H22NO+. The largest absolute Gasteiger partial charge is 0.468 e. The van der Waals surface area contributed by atoms with Gasteiger partial charge in [0.05, 0.1) is 5.56 Å². The first-order valence-corrected chi connectivity index (χ1v) is 11.4. The molecule has 3 aliphatic rings. The highest BCUT2D eigenvalue weighted by Crippen LogP contribution is 2.53. The molecule has 0 aromatic heterocycles. The standard InChI is InChI=1S/C31H22NO/c1-32-27-16-8-9-17-28(27)33-29-19-18-26-24-14-5-4-12-22(24)20-10-2-3-11-21(20)23-13-6-7-15-25(23)30(26)31(29)32/h2-19,28H,1H3/q+1. The summed E-state index contributed by atoms with van der Waals surface area (Å²) in [5.41, 5.74) is 12.3. The highest BCUT2D eigenvalue weighted by atomic mass is 16.5. The number of rotatable bonds is 0. The molecule has 1 unspecified atom stereocenters. The van der Waals surface area contributed by atoms with E-state index in [1.165, 1.54) is 44.5 Å². The van der Waals surface area contributed by atoms with Gasteiger partial charge in [-0.15, -0.1) is 0 Å². The number of ether oxygens (including phenoxy) is 1. The van der Waals surface area contributed by atoms with Gasteiger partial charge in [0.15, 0.2) is 5.75 Å². The maximum atomic E-state index is 6.50. The molecule has 2 heteroatoms. The summed E-state index contributed by atoms with van der Waals surface area (Å²) in [6.45, 7) is 0. The summed E-state index contributed by atoms with van der Waals surface area (Å²) in [4.78, 5) is 0. The van der Waals surface area contributed by atoms with Gasteiger partial charge < -0.3 is 4.74 Å². The van der Waals surface area contributed by atoms with Crippen molar-refractivity contribution in [2.45, 2.75) is 6.10 Å². The summed E-state index contributed by atoms with van der Waals surface area (Å²) < 4.78 is 8.81. The van der Waals surface area contributed by atoms with Crippen molar-refractivity contribution in [3.05, 3.63) is 109 Å². The smallest absolute Gasteiger partial charge is 0.256 e. The maximum Gasteiger partial charge on any atom is 0.256 e. The Kier molecular flexibility index (Phi) is 3.86. The monoisotopic (exact) mass is 424 g/mol. The number of benzene rings is 4. The van der Waals surface area contributed by atoms with Crippen molar-refractivity contribution in [2.75, 3.05) is 7.05 Å². The lowest BCUT2D eigenvalue weighted by atomic mass is 9.80. The van der Waals surface area contributed by atoms with Crippen LogP contribution in [0.5, 0.6) is 5.75 Å². The number of nitrogens with zero attached hydrogens (tertiary/aromatic N) is 1. The van der Waals surface area contributed by atoms with E-state index in [0.29, 0.717) is 0 Å². The molecule has 7 rings (SSSR count). The van der Waals surface area contributed by atoms with Crippen LogP contribution in [0, 0.1) is 0 Å². The highest BCUT2D eigenvalue weighted by Gasteiger charge is 2.37.